The summed E-state index contributed by atoms with van der Waals surface area (Å²) in [7, 11) is 0. The predicted octanol–water partition coefficient (Wildman–Crippen LogP) is 5.71. The number of hydrogen-bond donors (Lipinski definition) is 0. The molecule has 2 rings (SSSR count). The number of carbonyl (C=O) groups is 1. The molecule has 0 aliphatic heterocycles. The lowest BCUT2D eigenvalue weighted by atomic mass is 9.94. The second-order valence-electron chi connectivity index (χ2n) is 6.41. The smallest absolute Gasteiger partial charge is 0.339 e. The Balaban J connectivity index is 2.43. The van der Waals surface area contributed by atoms with Gasteiger partial charge in [-0.05, 0) is 56.4 Å². The fraction of sp³-hybridized carbons (Fsp3) is 0.381. The summed E-state index contributed by atoms with van der Waals surface area (Å²) in [6, 6.07) is 14.0. The molecule has 0 aliphatic carbocycles. The summed E-state index contributed by atoms with van der Waals surface area (Å²) < 4.78 is 5.81. The molecule has 0 aromatic heterocycles. The third-order valence-electron chi connectivity index (χ3n) is 4.65. The molecule has 0 radical (unpaired) electrons. The van der Waals surface area contributed by atoms with Gasteiger partial charge >= 0.3 is 5.97 Å². The molecule has 0 saturated heterocycles. The number of benzene rings is 2. The Morgan fingerprint density at radius 2 is 1.65 bits per heavy atom. The summed E-state index contributed by atoms with van der Waals surface area (Å²) in [5.74, 6) is -0.244. The lowest BCUT2D eigenvalue weighted by Gasteiger charge is -2.27. The van der Waals surface area contributed by atoms with E-state index in [1.807, 2.05) is 45.0 Å². The van der Waals surface area contributed by atoms with Crippen molar-refractivity contribution in [3.8, 4) is 11.1 Å². The number of aryl methyl sites for hydroxylation is 2. The summed E-state index contributed by atoms with van der Waals surface area (Å²) in [5.41, 5.74) is 4.62. The monoisotopic (exact) mass is 310 g/mol. The normalized spacial score (nSPS) is 11.3. The van der Waals surface area contributed by atoms with E-state index < -0.39 is 5.60 Å². The van der Waals surface area contributed by atoms with E-state index in [0.717, 1.165) is 24.0 Å². The molecule has 0 bridgehead atoms. The van der Waals surface area contributed by atoms with Gasteiger partial charge in [-0.2, -0.15) is 0 Å². The first-order chi connectivity index (χ1) is 10.9. The summed E-state index contributed by atoms with van der Waals surface area (Å²) in [5, 5.41) is 0. The molecule has 0 aliphatic rings. The third kappa shape index (κ3) is 3.82. The first kappa shape index (κ1) is 17.3. The van der Waals surface area contributed by atoms with Gasteiger partial charge in [-0.15, -0.1) is 0 Å². The standard InChI is InChI=1S/C21H26O2/c1-6-21(5,7-2)23-20(22)19-11-9-8-10-18(19)17-13-12-15(3)14-16(17)4/h8-14H,6-7H2,1-5H3. The largest absolute Gasteiger partial charge is 0.456 e. The maximum Gasteiger partial charge on any atom is 0.339 e. The highest BCUT2D eigenvalue weighted by Crippen LogP contribution is 2.30. The fourth-order valence-corrected chi connectivity index (χ4v) is 2.68. The van der Waals surface area contributed by atoms with E-state index in [9.17, 15) is 4.79 Å². The minimum absolute atomic E-state index is 0.244. The van der Waals surface area contributed by atoms with Crippen LogP contribution < -0.4 is 0 Å². The molecule has 0 fully saturated rings. The van der Waals surface area contributed by atoms with Gasteiger partial charge < -0.3 is 4.74 Å². The molecule has 0 amide bonds. The van der Waals surface area contributed by atoms with Crippen LogP contribution in [0.5, 0.6) is 0 Å². The molecule has 0 N–H and O–H groups in total. The van der Waals surface area contributed by atoms with Crippen LogP contribution in [0, 0.1) is 13.8 Å². The van der Waals surface area contributed by atoms with Crippen molar-refractivity contribution in [3.63, 3.8) is 0 Å². The van der Waals surface area contributed by atoms with Crippen molar-refractivity contribution in [2.45, 2.75) is 53.1 Å². The van der Waals surface area contributed by atoms with Gasteiger partial charge in [0.25, 0.3) is 0 Å². The zero-order valence-electron chi connectivity index (χ0n) is 14.8. The highest BCUT2D eigenvalue weighted by atomic mass is 16.6. The lowest BCUT2D eigenvalue weighted by molar-refractivity contribution is -0.0130. The van der Waals surface area contributed by atoms with Crippen molar-refractivity contribution >= 4 is 5.97 Å². The molecule has 0 atom stereocenters. The minimum Gasteiger partial charge on any atom is -0.456 e. The Morgan fingerprint density at radius 3 is 2.26 bits per heavy atom. The van der Waals surface area contributed by atoms with Gasteiger partial charge in [0.05, 0.1) is 5.56 Å². The maximum atomic E-state index is 12.7. The molecule has 23 heavy (non-hydrogen) atoms. The average Bonchev–Trinajstić information content (AvgIpc) is 2.54. The van der Waals surface area contributed by atoms with Crippen molar-refractivity contribution < 1.29 is 9.53 Å². The lowest BCUT2D eigenvalue weighted by Crippen LogP contribution is -2.30. The van der Waals surface area contributed by atoms with E-state index >= 15 is 0 Å². The summed E-state index contributed by atoms with van der Waals surface area (Å²) >= 11 is 0. The van der Waals surface area contributed by atoms with Gasteiger partial charge in [0, 0.05) is 0 Å². The van der Waals surface area contributed by atoms with E-state index in [4.69, 9.17) is 4.74 Å². The second-order valence-corrected chi connectivity index (χ2v) is 6.41. The van der Waals surface area contributed by atoms with Gasteiger partial charge in [-0.25, -0.2) is 4.79 Å². The van der Waals surface area contributed by atoms with E-state index in [1.54, 1.807) is 0 Å². The fourth-order valence-electron chi connectivity index (χ4n) is 2.68. The van der Waals surface area contributed by atoms with Gasteiger partial charge in [0.2, 0.25) is 0 Å². The number of carbonyl (C=O) groups excluding carboxylic acids is 1. The maximum absolute atomic E-state index is 12.7. The van der Waals surface area contributed by atoms with Crippen LogP contribution in [0.3, 0.4) is 0 Å². The van der Waals surface area contributed by atoms with Gasteiger partial charge in [0.15, 0.2) is 0 Å². The summed E-state index contributed by atoms with van der Waals surface area (Å²) in [6.45, 7) is 10.2. The predicted molar refractivity (Wildman–Crippen MR) is 95.8 cm³/mol. The van der Waals surface area contributed by atoms with Crippen LogP contribution in [0.2, 0.25) is 0 Å². The molecule has 2 aromatic carbocycles. The van der Waals surface area contributed by atoms with E-state index in [0.29, 0.717) is 5.56 Å². The van der Waals surface area contributed by atoms with E-state index in [-0.39, 0.29) is 5.97 Å². The van der Waals surface area contributed by atoms with Crippen molar-refractivity contribution in [2.75, 3.05) is 0 Å². The Labute approximate surface area is 139 Å². The highest BCUT2D eigenvalue weighted by molar-refractivity contribution is 5.98. The number of esters is 1. The summed E-state index contributed by atoms with van der Waals surface area (Å²) in [4.78, 5) is 12.7. The van der Waals surface area contributed by atoms with Gasteiger partial charge in [0.1, 0.15) is 5.60 Å². The molecule has 0 unspecified atom stereocenters. The Kier molecular flexibility index (Phi) is 5.25. The van der Waals surface area contributed by atoms with Crippen molar-refractivity contribution in [3.05, 3.63) is 59.2 Å². The zero-order valence-corrected chi connectivity index (χ0v) is 14.8. The molecular weight excluding hydrogens is 284 g/mol. The van der Waals surface area contributed by atoms with Crippen LogP contribution in [0.4, 0.5) is 0 Å². The molecule has 122 valence electrons. The summed E-state index contributed by atoms with van der Waals surface area (Å²) in [6.07, 6.45) is 1.61. The van der Waals surface area contributed by atoms with Crippen molar-refractivity contribution in [1.82, 2.24) is 0 Å². The topological polar surface area (TPSA) is 26.3 Å². The Morgan fingerprint density at radius 1 is 1.00 bits per heavy atom. The Bertz CT molecular complexity index is 697. The first-order valence-corrected chi connectivity index (χ1v) is 8.30. The molecular formula is C21H26O2. The Hall–Kier alpha value is -2.09. The molecule has 0 saturated carbocycles. The molecule has 0 spiro atoms. The van der Waals surface area contributed by atoms with Gasteiger partial charge in [-0.1, -0.05) is 55.8 Å². The quantitative estimate of drug-likeness (QED) is 0.661. The van der Waals surface area contributed by atoms with Crippen LogP contribution >= 0.6 is 0 Å². The SMILES string of the molecule is CCC(C)(CC)OC(=O)c1ccccc1-c1ccc(C)cc1C. The molecule has 2 heteroatoms. The first-order valence-electron chi connectivity index (χ1n) is 8.30. The number of hydrogen-bond acceptors (Lipinski definition) is 2. The van der Waals surface area contributed by atoms with Crippen LogP contribution in [0.25, 0.3) is 11.1 Å². The zero-order chi connectivity index (χ0) is 17.0. The highest BCUT2D eigenvalue weighted by Gasteiger charge is 2.26. The molecule has 2 aromatic rings. The van der Waals surface area contributed by atoms with Crippen LogP contribution in [-0.4, -0.2) is 11.6 Å². The average molecular weight is 310 g/mol. The third-order valence-corrected chi connectivity index (χ3v) is 4.65. The van der Waals surface area contributed by atoms with Gasteiger partial charge in [-0.3, -0.25) is 0 Å². The van der Waals surface area contributed by atoms with Crippen LogP contribution in [0.15, 0.2) is 42.5 Å². The minimum atomic E-state index is -0.410. The van der Waals surface area contributed by atoms with Crippen molar-refractivity contribution in [1.29, 1.82) is 0 Å². The molecule has 0 heterocycles. The van der Waals surface area contributed by atoms with Crippen LogP contribution in [-0.2, 0) is 4.74 Å². The van der Waals surface area contributed by atoms with Crippen LogP contribution in [0.1, 0.15) is 55.1 Å². The number of rotatable bonds is 5. The van der Waals surface area contributed by atoms with Crippen molar-refractivity contribution in [2.24, 2.45) is 0 Å². The second kappa shape index (κ2) is 6.99. The van der Waals surface area contributed by atoms with E-state index in [1.165, 1.54) is 11.1 Å². The number of ether oxygens (including phenoxy) is 1. The van der Waals surface area contributed by atoms with E-state index in [2.05, 4.69) is 32.0 Å². The molecule has 2 nitrogen and oxygen atoms in total.